The standard InChI is InChI=1S/C9H16N4O/c1-6(2)13-8(10)7(5-11-13)9(14)12(3)4/h5-6H,10H2,1-4H3. The van der Waals surface area contributed by atoms with Crippen LogP contribution in [0.5, 0.6) is 0 Å². The number of anilines is 1. The molecular weight excluding hydrogens is 180 g/mol. The van der Waals surface area contributed by atoms with E-state index in [1.165, 1.54) is 11.1 Å². The topological polar surface area (TPSA) is 64.2 Å². The largest absolute Gasteiger partial charge is 0.383 e. The molecule has 2 N–H and O–H groups in total. The first-order valence-electron chi connectivity index (χ1n) is 4.49. The molecule has 14 heavy (non-hydrogen) atoms. The van der Waals surface area contributed by atoms with Crippen molar-refractivity contribution in [1.82, 2.24) is 14.7 Å². The molecule has 0 aromatic carbocycles. The summed E-state index contributed by atoms with van der Waals surface area (Å²) in [7, 11) is 3.38. The van der Waals surface area contributed by atoms with Gasteiger partial charge in [0.2, 0.25) is 0 Å². The fourth-order valence-electron chi connectivity index (χ4n) is 1.19. The second kappa shape index (κ2) is 3.69. The quantitative estimate of drug-likeness (QED) is 0.759. The van der Waals surface area contributed by atoms with Crippen LogP contribution in [0.15, 0.2) is 6.20 Å². The highest BCUT2D eigenvalue weighted by molar-refractivity contribution is 5.97. The highest BCUT2D eigenvalue weighted by Gasteiger charge is 2.17. The van der Waals surface area contributed by atoms with Crippen LogP contribution < -0.4 is 5.73 Å². The number of nitrogens with two attached hydrogens (primary N) is 1. The summed E-state index contributed by atoms with van der Waals surface area (Å²) >= 11 is 0. The Morgan fingerprint density at radius 2 is 2.14 bits per heavy atom. The Labute approximate surface area is 83.5 Å². The van der Waals surface area contributed by atoms with Crippen molar-refractivity contribution in [1.29, 1.82) is 0 Å². The molecule has 5 heteroatoms. The molecule has 0 saturated heterocycles. The molecule has 0 bridgehead atoms. The van der Waals surface area contributed by atoms with Gasteiger partial charge in [0, 0.05) is 20.1 Å². The monoisotopic (exact) mass is 196 g/mol. The fourth-order valence-corrected chi connectivity index (χ4v) is 1.19. The lowest BCUT2D eigenvalue weighted by Gasteiger charge is -2.11. The molecule has 0 fully saturated rings. The number of nitrogen functional groups attached to an aromatic ring is 1. The first-order valence-corrected chi connectivity index (χ1v) is 4.49. The van der Waals surface area contributed by atoms with Gasteiger partial charge in [0.15, 0.2) is 0 Å². The Kier molecular flexibility index (Phi) is 2.78. The van der Waals surface area contributed by atoms with Crippen molar-refractivity contribution < 1.29 is 4.79 Å². The second-order valence-electron chi connectivity index (χ2n) is 3.68. The Bertz CT molecular complexity index is 341. The van der Waals surface area contributed by atoms with E-state index in [0.29, 0.717) is 11.4 Å². The number of aromatic nitrogens is 2. The first kappa shape index (κ1) is 10.6. The summed E-state index contributed by atoms with van der Waals surface area (Å²) in [6.07, 6.45) is 1.51. The average molecular weight is 196 g/mol. The van der Waals surface area contributed by atoms with Gasteiger partial charge in [0.05, 0.1) is 6.20 Å². The number of carbonyl (C=O) groups excluding carboxylic acids is 1. The zero-order valence-corrected chi connectivity index (χ0v) is 8.98. The van der Waals surface area contributed by atoms with Crippen LogP contribution in [0.2, 0.25) is 0 Å². The molecule has 1 amide bonds. The lowest BCUT2D eigenvalue weighted by molar-refractivity contribution is 0.0828. The molecule has 1 aromatic rings. The molecule has 0 spiro atoms. The summed E-state index contributed by atoms with van der Waals surface area (Å²) in [6.45, 7) is 3.93. The maximum Gasteiger partial charge on any atom is 0.258 e. The second-order valence-corrected chi connectivity index (χ2v) is 3.68. The van der Waals surface area contributed by atoms with Crippen molar-refractivity contribution in [3.05, 3.63) is 11.8 Å². The van der Waals surface area contributed by atoms with E-state index in [4.69, 9.17) is 5.73 Å². The highest BCUT2D eigenvalue weighted by atomic mass is 16.2. The Hall–Kier alpha value is -1.52. The highest BCUT2D eigenvalue weighted by Crippen LogP contribution is 2.16. The number of carbonyl (C=O) groups is 1. The van der Waals surface area contributed by atoms with Crippen LogP contribution in [0, 0.1) is 0 Å². The van der Waals surface area contributed by atoms with Gasteiger partial charge in [-0.15, -0.1) is 0 Å². The van der Waals surface area contributed by atoms with Gasteiger partial charge in [-0.25, -0.2) is 4.68 Å². The van der Waals surface area contributed by atoms with Crippen molar-refractivity contribution in [2.75, 3.05) is 19.8 Å². The summed E-state index contributed by atoms with van der Waals surface area (Å²) in [6, 6.07) is 0.165. The van der Waals surface area contributed by atoms with Gasteiger partial charge >= 0.3 is 0 Å². The lowest BCUT2D eigenvalue weighted by Crippen LogP contribution is -2.22. The molecule has 1 aromatic heterocycles. The van der Waals surface area contributed by atoms with Crippen molar-refractivity contribution >= 4 is 11.7 Å². The fraction of sp³-hybridized carbons (Fsp3) is 0.556. The Balaban J connectivity index is 3.07. The van der Waals surface area contributed by atoms with Gasteiger partial charge in [-0.1, -0.05) is 0 Å². The molecule has 0 aliphatic heterocycles. The Morgan fingerprint density at radius 3 is 2.50 bits per heavy atom. The zero-order chi connectivity index (χ0) is 10.9. The molecule has 0 saturated carbocycles. The van der Waals surface area contributed by atoms with Crippen LogP contribution in [0.4, 0.5) is 5.82 Å². The van der Waals surface area contributed by atoms with Crippen molar-refractivity contribution in [3.8, 4) is 0 Å². The lowest BCUT2D eigenvalue weighted by atomic mass is 10.3. The van der Waals surface area contributed by atoms with Crippen molar-refractivity contribution in [3.63, 3.8) is 0 Å². The van der Waals surface area contributed by atoms with E-state index in [2.05, 4.69) is 5.10 Å². The Morgan fingerprint density at radius 1 is 1.57 bits per heavy atom. The summed E-state index contributed by atoms with van der Waals surface area (Å²) in [5, 5.41) is 4.06. The van der Waals surface area contributed by atoms with Crippen LogP contribution in [0.3, 0.4) is 0 Å². The van der Waals surface area contributed by atoms with E-state index in [1.54, 1.807) is 18.8 Å². The number of amides is 1. The van der Waals surface area contributed by atoms with Gasteiger partial charge in [0.25, 0.3) is 5.91 Å². The number of hydrogen-bond acceptors (Lipinski definition) is 3. The minimum atomic E-state index is -0.116. The molecule has 0 unspecified atom stereocenters. The average Bonchev–Trinajstić information content (AvgIpc) is 2.45. The summed E-state index contributed by atoms with van der Waals surface area (Å²) in [5.41, 5.74) is 6.26. The predicted octanol–water partition coefficient (Wildman–Crippen LogP) is 0.748. The first-order chi connectivity index (χ1) is 6.45. The van der Waals surface area contributed by atoms with Crippen LogP contribution in [-0.4, -0.2) is 34.7 Å². The maximum atomic E-state index is 11.6. The van der Waals surface area contributed by atoms with Crippen LogP contribution in [0.1, 0.15) is 30.2 Å². The summed E-state index contributed by atoms with van der Waals surface area (Å²) in [5.74, 6) is 0.313. The van der Waals surface area contributed by atoms with E-state index in [9.17, 15) is 4.79 Å². The predicted molar refractivity (Wildman–Crippen MR) is 55.0 cm³/mol. The summed E-state index contributed by atoms with van der Waals surface area (Å²) < 4.78 is 1.64. The van der Waals surface area contributed by atoms with E-state index in [0.717, 1.165) is 0 Å². The van der Waals surface area contributed by atoms with E-state index < -0.39 is 0 Å². The third-order valence-electron chi connectivity index (χ3n) is 1.96. The molecule has 0 aliphatic carbocycles. The molecule has 1 heterocycles. The zero-order valence-electron chi connectivity index (χ0n) is 8.98. The van der Waals surface area contributed by atoms with Gasteiger partial charge in [-0.2, -0.15) is 5.10 Å². The minimum Gasteiger partial charge on any atom is -0.383 e. The molecule has 0 atom stereocenters. The third-order valence-corrected chi connectivity index (χ3v) is 1.96. The van der Waals surface area contributed by atoms with Gasteiger partial charge in [0.1, 0.15) is 11.4 Å². The summed E-state index contributed by atoms with van der Waals surface area (Å²) in [4.78, 5) is 13.1. The van der Waals surface area contributed by atoms with E-state index in [-0.39, 0.29) is 11.9 Å². The molecule has 1 rings (SSSR count). The number of nitrogens with zero attached hydrogens (tertiary/aromatic N) is 3. The third kappa shape index (κ3) is 1.71. The van der Waals surface area contributed by atoms with Crippen molar-refractivity contribution in [2.45, 2.75) is 19.9 Å². The molecule has 0 aliphatic rings. The number of rotatable bonds is 2. The number of hydrogen-bond donors (Lipinski definition) is 1. The van der Waals surface area contributed by atoms with Crippen LogP contribution in [0.25, 0.3) is 0 Å². The smallest absolute Gasteiger partial charge is 0.258 e. The maximum absolute atomic E-state index is 11.6. The van der Waals surface area contributed by atoms with Crippen molar-refractivity contribution in [2.24, 2.45) is 0 Å². The van der Waals surface area contributed by atoms with Crippen LogP contribution in [-0.2, 0) is 0 Å². The molecular formula is C9H16N4O. The molecule has 78 valence electrons. The van der Waals surface area contributed by atoms with Crippen LogP contribution >= 0.6 is 0 Å². The van der Waals surface area contributed by atoms with Gasteiger partial charge in [-0.05, 0) is 13.8 Å². The molecule has 0 radical (unpaired) electrons. The van der Waals surface area contributed by atoms with Gasteiger partial charge < -0.3 is 10.6 Å². The van der Waals surface area contributed by atoms with E-state index in [1.807, 2.05) is 13.8 Å². The SMILES string of the molecule is CC(C)n1ncc(C(=O)N(C)C)c1N. The molecule has 5 nitrogen and oxygen atoms in total. The van der Waals surface area contributed by atoms with Gasteiger partial charge in [-0.3, -0.25) is 4.79 Å². The minimum absolute atomic E-state index is 0.116. The normalized spacial score (nSPS) is 10.6. The van der Waals surface area contributed by atoms with E-state index >= 15 is 0 Å².